The zero-order chi connectivity index (χ0) is 20.6. The third-order valence-electron chi connectivity index (χ3n) is 4.34. The SMILES string of the molecule is CCOc1ccc(C=NNC(=O)C(CC)Oc2ccc3ccccc3c2Br)cc1. The van der Waals surface area contributed by atoms with Crippen LogP contribution >= 0.6 is 15.9 Å². The lowest BCUT2D eigenvalue weighted by Crippen LogP contribution is -2.35. The Morgan fingerprint density at radius 1 is 1.10 bits per heavy atom. The topological polar surface area (TPSA) is 59.9 Å². The normalized spacial score (nSPS) is 12.1. The molecule has 0 bridgehead atoms. The van der Waals surface area contributed by atoms with E-state index in [0.717, 1.165) is 26.6 Å². The van der Waals surface area contributed by atoms with Crippen molar-refractivity contribution in [3.63, 3.8) is 0 Å². The summed E-state index contributed by atoms with van der Waals surface area (Å²) in [6.45, 7) is 4.46. The molecule has 0 aromatic heterocycles. The molecule has 0 saturated carbocycles. The molecule has 0 radical (unpaired) electrons. The summed E-state index contributed by atoms with van der Waals surface area (Å²) in [4.78, 5) is 12.5. The summed E-state index contributed by atoms with van der Waals surface area (Å²) in [6.07, 6.45) is 1.46. The average molecular weight is 455 g/mol. The number of nitrogens with zero attached hydrogens (tertiary/aromatic N) is 1. The van der Waals surface area contributed by atoms with Crippen molar-refractivity contribution in [3.8, 4) is 11.5 Å². The molecule has 0 saturated heterocycles. The van der Waals surface area contributed by atoms with Crippen molar-refractivity contribution in [2.75, 3.05) is 6.61 Å². The van der Waals surface area contributed by atoms with E-state index in [0.29, 0.717) is 18.8 Å². The summed E-state index contributed by atoms with van der Waals surface area (Å²) >= 11 is 3.59. The summed E-state index contributed by atoms with van der Waals surface area (Å²) < 4.78 is 12.2. The van der Waals surface area contributed by atoms with Crippen molar-refractivity contribution < 1.29 is 14.3 Å². The van der Waals surface area contributed by atoms with Crippen molar-refractivity contribution in [2.24, 2.45) is 5.10 Å². The number of amides is 1. The predicted octanol–water partition coefficient (Wildman–Crippen LogP) is 5.31. The van der Waals surface area contributed by atoms with Gasteiger partial charge in [-0.15, -0.1) is 0 Å². The molecule has 5 nitrogen and oxygen atoms in total. The molecule has 3 rings (SSSR count). The van der Waals surface area contributed by atoms with Gasteiger partial charge < -0.3 is 9.47 Å². The van der Waals surface area contributed by atoms with Crippen LogP contribution in [0.5, 0.6) is 11.5 Å². The molecule has 0 aliphatic rings. The number of fused-ring (bicyclic) bond motifs is 1. The lowest BCUT2D eigenvalue weighted by molar-refractivity contribution is -0.128. The monoisotopic (exact) mass is 454 g/mol. The van der Waals surface area contributed by atoms with Gasteiger partial charge in [-0.2, -0.15) is 5.10 Å². The van der Waals surface area contributed by atoms with Gasteiger partial charge in [0.25, 0.3) is 5.91 Å². The first-order chi connectivity index (χ1) is 14.1. The predicted molar refractivity (Wildman–Crippen MR) is 120 cm³/mol. The van der Waals surface area contributed by atoms with Crippen LogP contribution in [0.4, 0.5) is 0 Å². The number of carbonyl (C=O) groups is 1. The standard InChI is InChI=1S/C23H23BrN2O3/c1-3-20(29-21-14-11-17-7-5-6-8-19(17)22(21)24)23(27)26-25-15-16-9-12-18(13-10-16)28-4-2/h5-15,20H,3-4H2,1-2H3,(H,26,27). The van der Waals surface area contributed by atoms with Crippen LogP contribution in [0.25, 0.3) is 10.8 Å². The van der Waals surface area contributed by atoms with Crippen LogP contribution in [0, 0.1) is 0 Å². The second-order valence-corrected chi connectivity index (χ2v) is 7.14. The van der Waals surface area contributed by atoms with Crippen LogP contribution in [0.15, 0.2) is 70.2 Å². The number of carbonyl (C=O) groups excluding carboxylic acids is 1. The van der Waals surface area contributed by atoms with Crippen molar-refractivity contribution in [3.05, 3.63) is 70.7 Å². The van der Waals surface area contributed by atoms with Gasteiger partial charge >= 0.3 is 0 Å². The number of hydrogen-bond donors (Lipinski definition) is 1. The van der Waals surface area contributed by atoms with E-state index in [1.165, 1.54) is 0 Å². The highest BCUT2D eigenvalue weighted by atomic mass is 79.9. The van der Waals surface area contributed by atoms with Crippen LogP contribution in [0.2, 0.25) is 0 Å². The number of rotatable bonds is 8. The fourth-order valence-corrected chi connectivity index (χ4v) is 3.43. The first-order valence-electron chi connectivity index (χ1n) is 9.52. The molecular weight excluding hydrogens is 432 g/mol. The van der Waals surface area contributed by atoms with E-state index in [1.54, 1.807) is 6.21 Å². The molecule has 29 heavy (non-hydrogen) atoms. The van der Waals surface area contributed by atoms with E-state index in [4.69, 9.17) is 9.47 Å². The van der Waals surface area contributed by atoms with Gasteiger partial charge in [0, 0.05) is 0 Å². The Morgan fingerprint density at radius 2 is 1.86 bits per heavy atom. The highest BCUT2D eigenvalue weighted by Gasteiger charge is 2.19. The summed E-state index contributed by atoms with van der Waals surface area (Å²) in [5.74, 6) is 1.13. The first-order valence-corrected chi connectivity index (χ1v) is 10.3. The molecule has 0 spiro atoms. The fraction of sp³-hybridized carbons (Fsp3) is 0.217. The highest BCUT2D eigenvalue weighted by molar-refractivity contribution is 9.10. The highest BCUT2D eigenvalue weighted by Crippen LogP contribution is 2.33. The van der Waals surface area contributed by atoms with Crippen LogP contribution in [0.1, 0.15) is 25.8 Å². The minimum Gasteiger partial charge on any atom is -0.494 e. The Kier molecular flexibility index (Phi) is 7.25. The number of hydrazone groups is 1. The quantitative estimate of drug-likeness (QED) is 0.370. The van der Waals surface area contributed by atoms with E-state index in [9.17, 15) is 4.79 Å². The van der Waals surface area contributed by atoms with E-state index in [-0.39, 0.29) is 5.91 Å². The van der Waals surface area contributed by atoms with Crippen molar-refractivity contribution in [1.29, 1.82) is 0 Å². The van der Waals surface area contributed by atoms with Gasteiger partial charge in [-0.25, -0.2) is 5.43 Å². The molecule has 3 aromatic carbocycles. The second kappa shape index (κ2) is 10.1. The molecular formula is C23H23BrN2O3. The fourth-order valence-electron chi connectivity index (χ4n) is 2.84. The summed E-state index contributed by atoms with van der Waals surface area (Å²) in [7, 11) is 0. The maximum Gasteiger partial charge on any atom is 0.281 e. The smallest absolute Gasteiger partial charge is 0.281 e. The minimum absolute atomic E-state index is 0.297. The third-order valence-corrected chi connectivity index (χ3v) is 5.16. The summed E-state index contributed by atoms with van der Waals surface area (Å²) in [5.41, 5.74) is 3.42. The molecule has 1 unspecified atom stereocenters. The third kappa shape index (κ3) is 5.35. The Hall–Kier alpha value is -2.86. The Morgan fingerprint density at radius 3 is 2.59 bits per heavy atom. The molecule has 3 aromatic rings. The van der Waals surface area contributed by atoms with Crippen LogP contribution in [-0.2, 0) is 4.79 Å². The number of hydrogen-bond acceptors (Lipinski definition) is 4. The van der Waals surface area contributed by atoms with E-state index in [1.807, 2.05) is 74.5 Å². The summed E-state index contributed by atoms with van der Waals surface area (Å²) in [6, 6.07) is 19.3. The van der Waals surface area contributed by atoms with Crippen LogP contribution in [0.3, 0.4) is 0 Å². The van der Waals surface area contributed by atoms with Crippen molar-refractivity contribution in [1.82, 2.24) is 5.43 Å². The maximum absolute atomic E-state index is 12.5. The van der Waals surface area contributed by atoms with E-state index in [2.05, 4.69) is 26.5 Å². The molecule has 1 atom stereocenters. The molecule has 6 heteroatoms. The lowest BCUT2D eigenvalue weighted by atomic mass is 10.1. The van der Waals surface area contributed by atoms with Crippen LogP contribution < -0.4 is 14.9 Å². The van der Waals surface area contributed by atoms with Gasteiger partial charge in [-0.3, -0.25) is 4.79 Å². The average Bonchev–Trinajstić information content (AvgIpc) is 2.75. The van der Waals surface area contributed by atoms with Gasteiger partial charge in [0.15, 0.2) is 6.10 Å². The van der Waals surface area contributed by atoms with Gasteiger partial charge in [0.1, 0.15) is 11.5 Å². The number of benzene rings is 3. The zero-order valence-electron chi connectivity index (χ0n) is 16.4. The van der Waals surface area contributed by atoms with Gasteiger partial charge in [0.05, 0.1) is 17.3 Å². The molecule has 150 valence electrons. The van der Waals surface area contributed by atoms with Gasteiger partial charge in [-0.1, -0.05) is 37.3 Å². The van der Waals surface area contributed by atoms with E-state index >= 15 is 0 Å². The van der Waals surface area contributed by atoms with Gasteiger partial charge in [0.2, 0.25) is 0 Å². The van der Waals surface area contributed by atoms with Gasteiger partial charge in [-0.05, 0) is 75.9 Å². The molecule has 0 heterocycles. The molecule has 1 N–H and O–H groups in total. The summed E-state index contributed by atoms with van der Waals surface area (Å²) in [5, 5.41) is 6.18. The second-order valence-electron chi connectivity index (χ2n) is 6.35. The molecule has 0 aliphatic carbocycles. The largest absolute Gasteiger partial charge is 0.494 e. The van der Waals surface area contributed by atoms with Crippen LogP contribution in [-0.4, -0.2) is 24.8 Å². The van der Waals surface area contributed by atoms with Crippen molar-refractivity contribution in [2.45, 2.75) is 26.4 Å². The molecule has 0 fully saturated rings. The van der Waals surface area contributed by atoms with E-state index < -0.39 is 6.10 Å². The number of nitrogens with one attached hydrogen (secondary N) is 1. The van der Waals surface area contributed by atoms with Crippen molar-refractivity contribution >= 4 is 38.8 Å². The maximum atomic E-state index is 12.5. The first kappa shape index (κ1) is 20.9. The molecule has 1 amide bonds. The Balaban J connectivity index is 1.64. The Labute approximate surface area is 178 Å². The number of halogens is 1. The molecule has 0 aliphatic heterocycles. The minimum atomic E-state index is -0.648. The number of ether oxygens (including phenoxy) is 2. The Bertz CT molecular complexity index is 1000. The lowest BCUT2D eigenvalue weighted by Gasteiger charge is -2.17. The zero-order valence-corrected chi connectivity index (χ0v) is 18.0.